The van der Waals surface area contributed by atoms with Crippen LogP contribution in [-0.4, -0.2) is 64.0 Å². The number of piperazine rings is 1. The summed E-state index contributed by atoms with van der Waals surface area (Å²) in [4.78, 5) is 9.19. The van der Waals surface area contributed by atoms with Crippen molar-refractivity contribution in [3.8, 4) is 0 Å². The molecule has 0 saturated carbocycles. The summed E-state index contributed by atoms with van der Waals surface area (Å²) >= 11 is 1.69. The Kier molecular flexibility index (Phi) is 10.2. The van der Waals surface area contributed by atoms with Gasteiger partial charge in [0.15, 0.2) is 0 Å². The molecule has 8 heteroatoms. The lowest BCUT2D eigenvalue weighted by Gasteiger charge is -2.31. The molecule has 34 heavy (non-hydrogen) atoms. The van der Waals surface area contributed by atoms with E-state index in [2.05, 4.69) is 40.2 Å². The molecular formula is C26H36N4O2S2. The van der Waals surface area contributed by atoms with Crippen LogP contribution in [0.5, 0.6) is 0 Å². The molecule has 0 bridgehead atoms. The maximum absolute atomic E-state index is 12.9. The van der Waals surface area contributed by atoms with Crippen molar-refractivity contribution in [3.05, 3.63) is 65.1 Å². The van der Waals surface area contributed by atoms with Gasteiger partial charge in [-0.3, -0.25) is 14.6 Å². The summed E-state index contributed by atoms with van der Waals surface area (Å²) in [7, 11) is -1.52. The molecule has 1 fully saturated rings. The maximum atomic E-state index is 12.9. The van der Waals surface area contributed by atoms with Crippen molar-refractivity contribution >= 4 is 39.9 Å². The van der Waals surface area contributed by atoms with Crippen LogP contribution < -0.4 is 4.72 Å². The number of rotatable bonds is 12. The van der Waals surface area contributed by atoms with Crippen molar-refractivity contribution in [2.75, 3.05) is 43.8 Å². The predicted octanol–water partition coefficient (Wildman–Crippen LogP) is 5.16. The molecule has 6 nitrogen and oxygen atoms in total. The van der Waals surface area contributed by atoms with E-state index in [1.807, 2.05) is 29.7 Å². The van der Waals surface area contributed by atoms with Gasteiger partial charge in [-0.15, -0.1) is 11.8 Å². The fraction of sp³-hybridized carbons (Fsp3) is 0.423. The number of benzene rings is 2. The molecule has 2 aromatic rings. The number of hydrogen-bond donors (Lipinski definition) is 1. The van der Waals surface area contributed by atoms with Gasteiger partial charge in [-0.1, -0.05) is 44.0 Å². The molecule has 0 spiro atoms. The first kappa shape index (κ1) is 26.5. The number of likely N-dealkylation sites (N-methyl/N-ethyl adjacent to an activating group) is 1. The van der Waals surface area contributed by atoms with Crippen LogP contribution >= 0.6 is 11.8 Å². The van der Waals surface area contributed by atoms with Gasteiger partial charge in [0.05, 0.1) is 10.6 Å². The fourth-order valence-corrected chi connectivity index (χ4v) is 5.73. The number of nitrogens with zero attached hydrogens (tertiary/aromatic N) is 3. The van der Waals surface area contributed by atoms with Crippen molar-refractivity contribution in [2.45, 2.75) is 37.5 Å². The summed E-state index contributed by atoms with van der Waals surface area (Å²) in [6, 6.07) is 14.5. The Morgan fingerprint density at radius 3 is 2.53 bits per heavy atom. The van der Waals surface area contributed by atoms with Gasteiger partial charge in [-0.05, 0) is 61.8 Å². The van der Waals surface area contributed by atoms with Gasteiger partial charge in [-0.2, -0.15) is 0 Å². The zero-order chi connectivity index (χ0) is 24.4. The Bertz CT molecular complexity index is 1060. The quantitative estimate of drug-likeness (QED) is 0.322. The highest BCUT2D eigenvalue weighted by Crippen LogP contribution is 2.25. The number of sulfonamides is 1. The van der Waals surface area contributed by atoms with Gasteiger partial charge in [0.1, 0.15) is 0 Å². The van der Waals surface area contributed by atoms with Crippen LogP contribution in [0.1, 0.15) is 37.3 Å². The molecule has 184 valence electrons. The molecule has 3 rings (SSSR count). The zero-order valence-corrected chi connectivity index (χ0v) is 21.9. The second kappa shape index (κ2) is 13.1. The van der Waals surface area contributed by atoms with Gasteiger partial charge in [0.25, 0.3) is 10.0 Å². The number of aryl methyl sites for hydroxylation is 1. The van der Waals surface area contributed by atoms with Crippen molar-refractivity contribution in [1.29, 1.82) is 0 Å². The van der Waals surface area contributed by atoms with Crippen LogP contribution in [0.25, 0.3) is 5.70 Å². The summed E-state index contributed by atoms with van der Waals surface area (Å²) in [6.07, 6.45) is 4.44. The minimum atomic E-state index is -3.67. The number of aliphatic imine (C=N–C) groups is 1. The molecule has 1 N–H and O–H groups in total. The van der Waals surface area contributed by atoms with E-state index in [9.17, 15) is 8.42 Å². The normalized spacial score (nSPS) is 15.9. The van der Waals surface area contributed by atoms with Crippen molar-refractivity contribution in [2.24, 2.45) is 4.99 Å². The standard InChI is InChI=1S/C26H36N4O2S2/c1-4-5-6-8-22-11-13-25(14-12-22)34(31,32)28-24-10-7-9-23(19-24)26(27-2)20-33-21-30-17-15-29(3)16-18-30/h7,9-14,19-20,28H,2,4-6,8,15-18,21H2,1,3H3/b26-20-. The first-order valence-corrected chi connectivity index (χ1v) is 14.4. The van der Waals surface area contributed by atoms with E-state index < -0.39 is 10.0 Å². The highest BCUT2D eigenvalue weighted by Gasteiger charge is 2.15. The van der Waals surface area contributed by atoms with Crippen LogP contribution in [0.4, 0.5) is 5.69 Å². The lowest BCUT2D eigenvalue weighted by Crippen LogP contribution is -2.44. The van der Waals surface area contributed by atoms with Gasteiger partial charge in [0, 0.05) is 43.3 Å². The summed E-state index contributed by atoms with van der Waals surface area (Å²) in [5.74, 6) is 0.896. The van der Waals surface area contributed by atoms with Crippen LogP contribution in [0.3, 0.4) is 0 Å². The minimum Gasteiger partial charge on any atom is -0.304 e. The van der Waals surface area contributed by atoms with Gasteiger partial charge < -0.3 is 4.90 Å². The third-order valence-corrected chi connectivity index (χ3v) is 8.23. The molecule has 1 heterocycles. The summed E-state index contributed by atoms with van der Waals surface area (Å²) < 4.78 is 28.5. The molecule has 0 aliphatic carbocycles. The Hall–Kier alpha value is -2.13. The van der Waals surface area contributed by atoms with E-state index in [1.165, 1.54) is 12.8 Å². The Morgan fingerprint density at radius 1 is 1.12 bits per heavy atom. The fourth-order valence-electron chi connectivity index (χ4n) is 3.77. The molecule has 0 atom stereocenters. The second-order valence-electron chi connectivity index (χ2n) is 8.67. The van der Waals surface area contributed by atoms with Gasteiger partial charge in [-0.25, -0.2) is 8.42 Å². The molecule has 0 aromatic heterocycles. The summed E-state index contributed by atoms with van der Waals surface area (Å²) in [5.41, 5.74) is 3.22. The highest BCUT2D eigenvalue weighted by atomic mass is 32.2. The van der Waals surface area contributed by atoms with E-state index in [0.29, 0.717) is 5.69 Å². The summed E-state index contributed by atoms with van der Waals surface area (Å²) in [5, 5.41) is 2.00. The molecule has 0 unspecified atom stereocenters. The van der Waals surface area contributed by atoms with Crippen molar-refractivity contribution in [1.82, 2.24) is 9.80 Å². The predicted molar refractivity (Wildman–Crippen MR) is 146 cm³/mol. The van der Waals surface area contributed by atoms with Crippen LogP contribution in [0.15, 0.2) is 63.8 Å². The lowest BCUT2D eigenvalue weighted by atomic mass is 10.1. The SMILES string of the molecule is C=N/C(=C\SCN1CCN(C)CC1)c1cccc(NS(=O)(=O)c2ccc(CCCCC)cc2)c1. The molecular weight excluding hydrogens is 464 g/mol. The monoisotopic (exact) mass is 500 g/mol. The Morgan fingerprint density at radius 2 is 1.85 bits per heavy atom. The second-order valence-corrected chi connectivity index (χ2v) is 11.2. The van der Waals surface area contributed by atoms with Crippen molar-refractivity contribution < 1.29 is 8.42 Å². The number of anilines is 1. The highest BCUT2D eigenvalue weighted by molar-refractivity contribution is 8.02. The zero-order valence-electron chi connectivity index (χ0n) is 20.2. The third kappa shape index (κ3) is 7.98. The largest absolute Gasteiger partial charge is 0.304 e. The third-order valence-electron chi connectivity index (χ3n) is 5.93. The van der Waals surface area contributed by atoms with E-state index in [4.69, 9.17) is 0 Å². The van der Waals surface area contributed by atoms with Crippen molar-refractivity contribution in [3.63, 3.8) is 0 Å². The lowest BCUT2D eigenvalue weighted by molar-refractivity contribution is 0.175. The average Bonchev–Trinajstić information content (AvgIpc) is 2.83. The molecule has 0 amide bonds. The molecule has 2 aromatic carbocycles. The first-order chi connectivity index (χ1) is 16.4. The number of hydrogen-bond acceptors (Lipinski definition) is 6. The van der Waals surface area contributed by atoms with Crippen LogP contribution in [0, 0.1) is 0 Å². The van der Waals surface area contributed by atoms with E-state index >= 15 is 0 Å². The minimum absolute atomic E-state index is 0.262. The Labute approximate surface area is 209 Å². The van der Waals surface area contributed by atoms with Crippen LogP contribution in [-0.2, 0) is 16.4 Å². The van der Waals surface area contributed by atoms with Crippen LogP contribution in [0.2, 0.25) is 0 Å². The molecule has 0 radical (unpaired) electrons. The van der Waals surface area contributed by atoms with E-state index in [0.717, 1.165) is 61.7 Å². The van der Waals surface area contributed by atoms with E-state index in [-0.39, 0.29) is 4.90 Å². The molecule has 1 aliphatic heterocycles. The van der Waals surface area contributed by atoms with Gasteiger partial charge >= 0.3 is 0 Å². The number of nitrogens with one attached hydrogen (secondary N) is 1. The average molecular weight is 501 g/mol. The number of thioether (sulfide) groups is 1. The maximum Gasteiger partial charge on any atom is 0.261 e. The van der Waals surface area contributed by atoms with E-state index in [1.54, 1.807) is 36.0 Å². The topological polar surface area (TPSA) is 65.0 Å². The summed E-state index contributed by atoms with van der Waals surface area (Å²) in [6.45, 7) is 10.2. The molecule has 1 aliphatic rings. The molecule has 1 saturated heterocycles. The first-order valence-electron chi connectivity index (χ1n) is 11.8. The Balaban J connectivity index is 1.63. The number of unbranched alkanes of at least 4 members (excludes halogenated alkanes) is 2. The van der Waals surface area contributed by atoms with Gasteiger partial charge in [0.2, 0.25) is 0 Å². The smallest absolute Gasteiger partial charge is 0.261 e.